The zero-order valence-corrected chi connectivity index (χ0v) is 8.86. The van der Waals surface area contributed by atoms with Gasteiger partial charge in [0, 0.05) is 25.4 Å². The van der Waals surface area contributed by atoms with E-state index in [1.165, 1.54) is 6.07 Å². The van der Waals surface area contributed by atoms with Crippen LogP contribution in [0.1, 0.15) is 16.7 Å². The van der Waals surface area contributed by atoms with Crippen molar-refractivity contribution in [2.45, 2.75) is 13.0 Å². The van der Waals surface area contributed by atoms with Crippen molar-refractivity contribution >= 4 is 0 Å². The molecule has 16 heavy (non-hydrogen) atoms. The van der Waals surface area contributed by atoms with E-state index in [0.717, 1.165) is 11.1 Å². The standard InChI is InChI=1S/C13H13FN2/c14-13-2-1-11(9-15)8-12(13)7-10-3-5-16-6-4-10/h1-6,8H,7,9,15H2. The summed E-state index contributed by atoms with van der Waals surface area (Å²) < 4.78 is 13.5. The predicted octanol–water partition coefficient (Wildman–Crippen LogP) is 2.27. The van der Waals surface area contributed by atoms with Gasteiger partial charge in [-0.15, -0.1) is 0 Å². The lowest BCUT2D eigenvalue weighted by molar-refractivity contribution is 0.613. The van der Waals surface area contributed by atoms with E-state index >= 15 is 0 Å². The number of aromatic nitrogens is 1. The lowest BCUT2D eigenvalue weighted by atomic mass is 10.0. The van der Waals surface area contributed by atoms with Crippen molar-refractivity contribution in [3.8, 4) is 0 Å². The molecule has 0 radical (unpaired) electrons. The average Bonchev–Trinajstić information content (AvgIpc) is 2.33. The van der Waals surface area contributed by atoms with Gasteiger partial charge in [-0.2, -0.15) is 0 Å². The van der Waals surface area contributed by atoms with Crippen LogP contribution >= 0.6 is 0 Å². The second-order valence-electron chi connectivity index (χ2n) is 3.66. The van der Waals surface area contributed by atoms with E-state index in [0.29, 0.717) is 18.5 Å². The zero-order valence-electron chi connectivity index (χ0n) is 8.86. The number of hydrogen-bond acceptors (Lipinski definition) is 2. The second-order valence-corrected chi connectivity index (χ2v) is 3.66. The Labute approximate surface area is 93.9 Å². The third kappa shape index (κ3) is 2.44. The Morgan fingerprint density at radius 1 is 1.06 bits per heavy atom. The molecule has 0 spiro atoms. The van der Waals surface area contributed by atoms with Crippen LogP contribution in [0.3, 0.4) is 0 Å². The SMILES string of the molecule is NCc1ccc(F)c(Cc2ccncc2)c1. The number of pyridine rings is 1. The van der Waals surface area contributed by atoms with E-state index < -0.39 is 0 Å². The molecule has 1 aromatic carbocycles. The fourth-order valence-corrected chi connectivity index (χ4v) is 1.61. The molecule has 1 heterocycles. The van der Waals surface area contributed by atoms with E-state index in [4.69, 9.17) is 5.73 Å². The minimum Gasteiger partial charge on any atom is -0.326 e. The van der Waals surface area contributed by atoms with Crippen LogP contribution in [-0.2, 0) is 13.0 Å². The van der Waals surface area contributed by atoms with Gasteiger partial charge in [0.25, 0.3) is 0 Å². The van der Waals surface area contributed by atoms with Crippen LogP contribution in [0.4, 0.5) is 4.39 Å². The van der Waals surface area contributed by atoms with Gasteiger partial charge >= 0.3 is 0 Å². The zero-order chi connectivity index (χ0) is 11.4. The second kappa shape index (κ2) is 4.86. The van der Waals surface area contributed by atoms with Gasteiger partial charge < -0.3 is 5.73 Å². The van der Waals surface area contributed by atoms with Crippen molar-refractivity contribution in [1.82, 2.24) is 4.98 Å². The first-order valence-electron chi connectivity index (χ1n) is 5.16. The Morgan fingerprint density at radius 3 is 2.50 bits per heavy atom. The van der Waals surface area contributed by atoms with Gasteiger partial charge in [0.05, 0.1) is 0 Å². The summed E-state index contributed by atoms with van der Waals surface area (Å²) in [4.78, 5) is 3.93. The molecular formula is C13H13FN2. The van der Waals surface area contributed by atoms with E-state index in [1.54, 1.807) is 18.5 Å². The van der Waals surface area contributed by atoms with Gasteiger partial charge in [0.15, 0.2) is 0 Å². The summed E-state index contributed by atoms with van der Waals surface area (Å²) in [6, 6.07) is 8.77. The minimum absolute atomic E-state index is 0.186. The molecular weight excluding hydrogens is 203 g/mol. The molecule has 0 bridgehead atoms. The largest absolute Gasteiger partial charge is 0.326 e. The van der Waals surface area contributed by atoms with Crippen LogP contribution in [0.25, 0.3) is 0 Å². The molecule has 2 N–H and O–H groups in total. The fraction of sp³-hybridized carbons (Fsp3) is 0.154. The molecule has 82 valence electrons. The maximum Gasteiger partial charge on any atom is 0.126 e. The highest BCUT2D eigenvalue weighted by atomic mass is 19.1. The van der Waals surface area contributed by atoms with Crippen molar-refractivity contribution in [2.75, 3.05) is 0 Å². The molecule has 0 atom stereocenters. The highest BCUT2D eigenvalue weighted by molar-refractivity contribution is 5.29. The maximum atomic E-state index is 13.5. The molecule has 0 unspecified atom stereocenters. The van der Waals surface area contributed by atoms with E-state index in [2.05, 4.69) is 4.98 Å². The summed E-state index contributed by atoms with van der Waals surface area (Å²) in [7, 11) is 0. The molecule has 2 nitrogen and oxygen atoms in total. The highest BCUT2D eigenvalue weighted by Gasteiger charge is 2.04. The van der Waals surface area contributed by atoms with Crippen molar-refractivity contribution in [3.05, 3.63) is 65.2 Å². The normalized spacial score (nSPS) is 10.4. The first-order chi connectivity index (χ1) is 7.79. The van der Waals surface area contributed by atoms with Crippen molar-refractivity contribution in [3.63, 3.8) is 0 Å². The van der Waals surface area contributed by atoms with E-state index in [9.17, 15) is 4.39 Å². The topological polar surface area (TPSA) is 38.9 Å². The average molecular weight is 216 g/mol. The molecule has 0 aliphatic heterocycles. The summed E-state index contributed by atoms with van der Waals surface area (Å²) in [6.07, 6.45) is 3.99. The van der Waals surface area contributed by atoms with Gasteiger partial charge in [-0.05, 0) is 34.9 Å². The van der Waals surface area contributed by atoms with Gasteiger partial charge in [-0.3, -0.25) is 4.98 Å². The maximum absolute atomic E-state index is 13.5. The van der Waals surface area contributed by atoms with Gasteiger partial charge in [0.2, 0.25) is 0 Å². The fourth-order valence-electron chi connectivity index (χ4n) is 1.61. The molecule has 0 amide bonds. The first-order valence-corrected chi connectivity index (χ1v) is 5.16. The van der Waals surface area contributed by atoms with Crippen molar-refractivity contribution in [2.24, 2.45) is 5.73 Å². The molecule has 3 heteroatoms. The highest BCUT2D eigenvalue weighted by Crippen LogP contribution is 2.14. The number of benzene rings is 1. The van der Waals surface area contributed by atoms with Gasteiger partial charge in [0.1, 0.15) is 5.82 Å². The van der Waals surface area contributed by atoms with Crippen LogP contribution in [0.2, 0.25) is 0 Å². The Hall–Kier alpha value is -1.74. The number of halogens is 1. The van der Waals surface area contributed by atoms with Crippen molar-refractivity contribution in [1.29, 1.82) is 0 Å². The molecule has 0 aliphatic rings. The summed E-state index contributed by atoms with van der Waals surface area (Å²) in [5.74, 6) is -0.186. The number of nitrogens with zero attached hydrogens (tertiary/aromatic N) is 1. The minimum atomic E-state index is -0.186. The summed E-state index contributed by atoms with van der Waals surface area (Å²) in [5.41, 5.74) is 8.20. The van der Waals surface area contributed by atoms with Crippen LogP contribution in [0, 0.1) is 5.82 Å². The molecule has 0 aliphatic carbocycles. The lowest BCUT2D eigenvalue weighted by Crippen LogP contribution is -2.00. The van der Waals surface area contributed by atoms with Crippen molar-refractivity contribution < 1.29 is 4.39 Å². The quantitative estimate of drug-likeness (QED) is 0.854. The Balaban J connectivity index is 2.27. The number of nitrogens with two attached hydrogens (primary N) is 1. The Morgan fingerprint density at radius 2 is 1.81 bits per heavy atom. The van der Waals surface area contributed by atoms with Gasteiger partial charge in [-0.1, -0.05) is 12.1 Å². The summed E-state index contributed by atoms with van der Waals surface area (Å²) >= 11 is 0. The summed E-state index contributed by atoms with van der Waals surface area (Å²) in [5, 5.41) is 0. The predicted molar refractivity (Wildman–Crippen MR) is 61.3 cm³/mol. The Kier molecular flexibility index (Phi) is 3.27. The lowest BCUT2D eigenvalue weighted by Gasteiger charge is -2.05. The third-order valence-corrected chi connectivity index (χ3v) is 2.49. The molecule has 0 saturated carbocycles. The van der Waals surface area contributed by atoms with Crippen LogP contribution in [-0.4, -0.2) is 4.98 Å². The number of hydrogen-bond donors (Lipinski definition) is 1. The molecule has 2 aromatic rings. The molecule has 0 fully saturated rings. The molecule has 0 saturated heterocycles. The van der Waals surface area contributed by atoms with Crippen LogP contribution in [0.15, 0.2) is 42.7 Å². The number of rotatable bonds is 3. The van der Waals surface area contributed by atoms with Crippen LogP contribution in [0.5, 0.6) is 0 Å². The third-order valence-electron chi connectivity index (χ3n) is 2.49. The summed E-state index contributed by atoms with van der Waals surface area (Å²) in [6.45, 7) is 0.434. The Bertz CT molecular complexity index is 469. The smallest absolute Gasteiger partial charge is 0.126 e. The molecule has 1 aromatic heterocycles. The van der Waals surface area contributed by atoms with E-state index in [1.807, 2.05) is 18.2 Å². The first kappa shape index (κ1) is 10.8. The van der Waals surface area contributed by atoms with E-state index in [-0.39, 0.29) is 5.82 Å². The monoisotopic (exact) mass is 216 g/mol. The van der Waals surface area contributed by atoms with Crippen LogP contribution < -0.4 is 5.73 Å². The van der Waals surface area contributed by atoms with Gasteiger partial charge in [-0.25, -0.2) is 4.39 Å². The molecule has 2 rings (SSSR count).